The molecule has 0 heterocycles. The van der Waals surface area contributed by atoms with Crippen LogP contribution in [0, 0.1) is 12.3 Å². The first kappa shape index (κ1) is 12.9. The Morgan fingerprint density at radius 1 is 1.59 bits per heavy atom. The number of benzene rings is 1. The molecule has 1 aromatic rings. The normalized spacial score (nSPS) is 9.41. The highest BCUT2D eigenvalue weighted by molar-refractivity contribution is 5.93. The van der Waals surface area contributed by atoms with Crippen LogP contribution in [0.1, 0.15) is 0 Å². The molecule has 3 N–H and O–H groups in total. The predicted octanol–water partition coefficient (Wildman–Crippen LogP) is 0.562. The van der Waals surface area contributed by atoms with Gasteiger partial charge in [0, 0.05) is 6.07 Å². The van der Waals surface area contributed by atoms with Crippen molar-refractivity contribution in [2.45, 2.75) is 0 Å². The average molecular weight is 234 g/mol. The lowest BCUT2D eigenvalue weighted by Crippen LogP contribution is -2.28. The van der Waals surface area contributed by atoms with Gasteiger partial charge in [0.15, 0.2) is 0 Å². The Morgan fingerprint density at radius 2 is 2.35 bits per heavy atom. The molecule has 0 radical (unpaired) electrons. The van der Waals surface area contributed by atoms with E-state index < -0.39 is 0 Å². The van der Waals surface area contributed by atoms with Gasteiger partial charge >= 0.3 is 0 Å². The molecule has 5 nitrogen and oxygen atoms in total. The van der Waals surface area contributed by atoms with E-state index >= 15 is 0 Å². The number of carbonyl (C=O) groups excluding carboxylic acids is 1. The molecule has 0 aliphatic heterocycles. The number of ether oxygens (including phenoxy) is 1. The molecule has 0 aromatic heterocycles. The highest BCUT2D eigenvalue weighted by Crippen LogP contribution is 2.27. The molecule has 1 aromatic carbocycles. The van der Waals surface area contributed by atoms with E-state index in [1.807, 2.05) is 0 Å². The summed E-state index contributed by atoms with van der Waals surface area (Å²) in [7, 11) is 1.50. The van der Waals surface area contributed by atoms with Gasteiger partial charge in [-0.15, -0.1) is 6.42 Å². The second kappa shape index (κ2) is 6.40. The van der Waals surface area contributed by atoms with E-state index in [9.17, 15) is 9.90 Å². The summed E-state index contributed by atoms with van der Waals surface area (Å²) in [6.45, 7) is 0.414. The Bertz CT molecular complexity index is 438. The van der Waals surface area contributed by atoms with E-state index in [1.54, 1.807) is 12.1 Å². The highest BCUT2D eigenvalue weighted by atomic mass is 16.5. The quantitative estimate of drug-likeness (QED) is 0.395. The third kappa shape index (κ3) is 4.05. The number of nitrogens with one attached hydrogen (secondary N) is 2. The minimum absolute atomic E-state index is 0.0466. The molecule has 0 aliphatic carbocycles. The molecule has 1 rings (SSSR count). The second-order valence-corrected chi connectivity index (χ2v) is 3.24. The van der Waals surface area contributed by atoms with Crippen molar-refractivity contribution < 1.29 is 14.6 Å². The second-order valence-electron chi connectivity index (χ2n) is 3.24. The molecule has 0 spiro atoms. The number of terminal acetylenes is 1. The minimum atomic E-state index is -0.277. The molecule has 0 saturated heterocycles. The van der Waals surface area contributed by atoms with Gasteiger partial charge in [-0.2, -0.15) is 0 Å². The van der Waals surface area contributed by atoms with Crippen molar-refractivity contribution in [1.29, 1.82) is 0 Å². The summed E-state index contributed by atoms with van der Waals surface area (Å²) >= 11 is 0. The van der Waals surface area contributed by atoms with Crippen LogP contribution in [0.2, 0.25) is 0 Å². The van der Waals surface area contributed by atoms with Gasteiger partial charge in [-0.3, -0.25) is 10.1 Å². The fourth-order valence-corrected chi connectivity index (χ4v) is 1.19. The standard InChI is InChI=1S/C12H14N2O3/c1-3-6-13-8-12(16)14-10-5-4-9(17-2)7-11(10)15/h1,4-5,7,13,15H,6,8H2,2H3,(H,14,16). The first-order valence-corrected chi connectivity index (χ1v) is 4.98. The Hall–Kier alpha value is -2.19. The van der Waals surface area contributed by atoms with Crippen LogP contribution in [0.3, 0.4) is 0 Å². The maximum absolute atomic E-state index is 11.4. The van der Waals surface area contributed by atoms with Crippen molar-refractivity contribution in [3.8, 4) is 23.8 Å². The van der Waals surface area contributed by atoms with Crippen molar-refractivity contribution in [2.24, 2.45) is 0 Å². The van der Waals surface area contributed by atoms with E-state index in [1.165, 1.54) is 13.2 Å². The van der Waals surface area contributed by atoms with Crippen LogP contribution < -0.4 is 15.4 Å². The number of rotatable bonds is 5. The number of phenols is 1. The molecular formula is C12H14N2O3. The Balaban J connectivity index is 2.57. The van der Waals surface area contributed by atoms with Crippen LogP contribution in [0.4, 0.5) is 5.69 Å². The zero-order valence-electron chi connectivity index (χ0n) is 9.49. The molecule has 0 saturated carbocycles. The van der Waals surface area contributed by atoms with E-state index in [-0.39, 0.29) is 18.2 Å². The molecule has 0 atom stereocenters. The largest absolute Gasteiger partial charge is 0.506 e. The molecular weight excluding hydrogens is 220 g/mol. The van der Waals surface area contributed by atoms with Crippen molar-refractivity contribution in [3.63, 3.8) is 0 Å². The molecule has 0 aliphatic rings. The molecule has 17 heavy (non-hydrogen) atoms. The summed E-state index contributed by atoms with van der Waals surface area (Å²) in [5.74, 6) is 2.55. The smallest absolute Gasteiger partial charge is 0.238 e. The summed E-state index contributed by atoms with van der Waals surface area (Å²) in [4.78, 5) is 11.4. The van der Waals surface area contributed by atoms with Crippen molar-refractivity contribution in [1.82, 2.24) is 5.32 Å². The predicted molar refractivity (Wildman–Crippen MR) is 65.0 cm³/mol. The first-order valence-electron chi connectivity index (χ1n) is 4.98. The summed E-state index contributed by atoms with van der Waals surface area (Å²) in [5, 5.41) is 14.9. The van der Waals surface area contributed by atoms with Crippen LogP contribution in [-0.4, -0.2) is 31.2 Å². The van der Waals surface area contributed by atoms with Crippen molar-refractivity contribution >= 4 is 11.6 Å². The monoisotopic (exact) mass is 234 g/mol. The Kier molecular flexibility index (Phi) is 4.85. The lowest BCUT2D eigenvalue weighted by molar-refractivity contribution is -0.115. The third-order valence-corrected chi connectivity index (χ3v) is 1.99. The summed E-state index contributed by atoms with van der Waals surface area (Å²) < 4.78 is 4.93. The van der Waals surface area contributed by atoms with Gasteiger partial charge < -0.3 is 15.2 Å². The SMILES string of the molecule is C#CCNCC(=O)Nc1ccc(OC)cc1O. The van der Waals surface area contributed by atoms with Gasteiger partial charge in [0.05, 0.1) is 25.9 Å². The van der Waals surface area contributed by atoms with Crippen LogP contribution in [-0.2, 0) is 4.79 Å². The number of carbonyl (C=O) groups is 1. The number of phenolic OH excluding ortho intramolecular Hbond substituents is 1. The van der Waals surface area contributed by atoms with Crippen molar-refractivity contribution in [3.05, 3.63) is 18.2 Å². The average Bonchev–Trinajstić information content (AvgIpc) is 2.32. The molecule has 5 heteroatoms. The molecule has 90 valence electrons. The van der Waals surface area contributed by atoms with Gasteiger partial charge in [0.2, 0.25) is 5.91 Å². The zero-order chi connectivity index (χ0) is 12.7. The number of anilines is 1. The van der Waals surface area contributed by atoms with Crippen LogP contribution in [0.25, 0.3) is 0 Å². The van der Waals surface area contributed by atoms with Crippen LogP contribution in [0.15, 0.2) is 18.2 Å². The van der Waals surface area contributed by atoms with Crippen molar-refractivity contribution in [2.75, 3.05) is 25.5 Å². The van der Waals surface area contributed by atoms with Gasteiger partial charge in [-0.05, 0) is 12.1 Å². The fraction of sp³-hybridized carbons (Fsp3) is 0.250. The van der Waals surface area contributed by atoms with Crippen LogP contribution in [0.5, 0.6) is 11.5 Å². The Labute approximate surface area is 99.8 Å². The summed E-state index contributed by atoms with van der Waals surface area (Å²) in [6, 6.07) is 4.63. The lowest BCUT2D eigenvalue weighted by Gasteiger charge is -2.08. The topological polar surface area (TPSA) is 70.6 Å². The lowest BCUT2D eigenvalue weighted by atomic mass is 10.2. The van der Waals surface area contributed by atoms with Gasteiger partial charge in [-0.1, -0.05) is 5.92 Å². The fourth-order valence-electron chi connectivity index (χ4n) is 1.19. The van der Waals surface area contributed by atoms with E-state index in [0.29, 0.717) is 18.0 Å². The van der Waals surface area contributed by atoms with Gasteiger partial charge in [-0.25, -0.2) is 0 Å². The third-order valence-electron chi connectivity index (χ3n) is 1.99. The maximum Gasteiger partial charge on any atom is 0.238 e. The summed E-state index contributed by atoms with van der Waals surface area (Å²) in [6.07, 6.45) is 5.03. The molecule has 0 bridgehead atoms. The van der Waals surface area contributed by atoms with Gasteiger partial charge in [0.1, 0.15) is 11.5 Å². The number of hydrogen-bond acceptors (Lipinski definition) is 4. The van der Waals surface area contributed by atoms with E-state index in [0.717, 1.165) is 0 Å². The first-order chi connectivity index (χ1) is 8.17. The number of hydrogen-bond donors (Lipinski definition) is 3. The number of methoxy groups -OCH3 is 1. The molecule has 1 amide bonds. The van der Waals surface area contributed by atoms with Crippen LogP contribution >= 0.6 is 0 Å². The highest BCUT2D eigenvalue weighted by Gasteiger charge is 2.06. The van der Waals surface area contributed by atoms with E-state index in [2.05, 4.69) is 16.6 Å². The maximum atomic E-state index is 11.4. The molecule has 0 fully saturated rings. The van der Waals surface area contributed by atoms with E-state index in [4.69, 9.17) is 11.2 Å². The number of amides is 1. The minimum Gasteiger partial charge on any atom is -0.506 e. The summed E-state index contributed by atoms with van der Waals surface area (Å²) in [5.41, 5.74) is 0.332. The Morgan fingerprint density at radius 3 is 2.94 bits per heavy atom. The van der Waals surface area contributed by atoms with Gasteiger partial charge in [0.25, 0.3) is 0 Å². The number of aromatic hydroxyl groups is 1. The molecule has 0 unspecified atom stereocenters. The zero-order valence-corrected chi connectivity index (χ0v) is 9.49.